The van der Waals surface area contributed by atoms with Crippen LogP contribution in [0.3, 0.4) is 0 Å². The van der Waals surface area contributed by atoms with Crippen molar-refractivity contribution < 1.29 is 9.37 Å². The van der Waals surface area contributed by atoms with Crippen molar-refractivity contribution in [3.8, 4) is 0 Å². The zero-order chi connectivity index (χ0) is 6.85. The zero-order valence-corrected chi connectivity index (χ0v) is 5.62. The highest BCUT2D eigenvalue weighted by Gasteiger charge is 2.24. The monoisotopic (exact) mass is 146 g/mol. The lowest BCUT2D eigenvalue weighted by Gasteiger charge is -2.06. The van der Waals surface area contributed by atoms with Crippen LogP contribution in [-0.2, 0) is 4.79 Å². The Kier molecular flexibility index (Phi) is 1.75. The molecule has 2 N–H and O–H groups in total. The maximum atomic E-state index is 10.6. The van der Waals surface area contributed by atoms with Crippen LogP contribution in [0.15, 0.2) is 11.0 Å². The van der Waals surface area contributed by atoms with Crippen molar-refractivity contribution in [2.24, 2.45) is 0 Å². The highest BCUT2D eigenvalue weighted by atomic mass is 32.2. The van der Waals surface area contributed by atoms with Crippen molar-refractivity contribution >= 4 is 17.9 Å². The van der Waals surface area contributed by atoms with Gasteiger partial charge in [-0.3, -0.25) is 4.79 Å². The second-order valence-corrected chi connectivity index (χ2v) is 2.51. The fourth-order valence-corrected chi connectivity index (χ4v) is 1.12. The molecule has 0 aromatic heterocycles. The van der Waals surface area contributed by atoms with Gasteiger partial charge in [0.1, 0.15) is 16.9 Å². The highest BCUT2D eigenvalue weighted by molar-refractivity contribution is 7.98. The molecule has 1 heterocycles. The van der Waals surface area contributed by atoms with E-state index in [0.29, 0.717) is 4.91 Å². The third-order valence-corrected chi connectivity index (χ3v) is 1.83. The molecule has 0 saturated carbocycles. The summed E-state index contributed by atoms with van der Waals surface area (Å²) in [5.74, 6) is -0.285. The summed E-state index contributed by atoms with van der Waals surface area (Å²) < 4.78 is -0.284. The Hall–Kier alpha value is -0.520. The molecule has 1 aliphatic rings. The standard InChI is InChI=1S/C4H6N2O2S/c1-2-3-4(7)5-6(8)9-3/h2,6H,1H3,(H,5,7)/b3-2+. The van der Waals surface area contributed by atoms with Gasteiger partial charge >= 0.3 is 5.91 Å². The van der Waals surface area contributed by atoms with E-state index < -0.39 is 0 Å². The van der Waals surface area contributed by atoms with Crippen molar-refractivity contribution in [3.63, 3.8) is 0 Å². The number of amides is 1. The molecular formula is C4H6N2O2S. The lowest BCUT2D eigenvalue weighted by Crippen LogP contribution is -3.06. The molecule has 0 aromatic rings. The summed E-state index contributed by atoms with van der Waals surface area (Å²) >= 11 is 0.935. The Morgan fingerprint density at radius 3 is 2.78 bits per heavy atom. The first-order valence-corrected chi connectivity index (χ1v) is 3.25. The van der Waals surface area contributed by atoms with Crippen LogP contribution in [0.1, 0.15) is 6.92 Å². The van der Waals surface area contributed by atoms with Crippen LogP contribution in [0.25, 0.3) is 0 Å². The molecule has 1 saturated heterocycles. The molecule has 0 radical (unpaired) electrons. The minimum absolute atomic E-state index is 0.284. The van der Waals surface area contributed by atoms with Gasteiger partial charge in [-0.15, -0.1) is 0 Å². The summed E-state index contributed by atoms with van der Waals surface area (Å²) in [5, 5.41) is 10.4. The smallest absolute Gasteiger partial charge is 0.308 e. The summed E-state index contributed by atoms with van der Waals surface area (Å²) in [7, 11) is 0. The molecular weight excluding hydrogens is 140 g/mol. The van der Waals surface area contributed by atoms with E-state index in [1.165, 1.54) is 0 Å². The van der Waals surface area contributed by atoms with Crippen molar-refractivity contribution in [2.75, 3.05) is 0 Å². The van der Waals surface area contributed by atoms with Crippen molar-refractivity contribution in [2.45, 2.75) is 6.92 Å². The maximum Gasteiger partial charge on any atom is 0.308 e. The predicted molar refractivity (Wildman–Crippen MR) is 33.8 cm³/mol. The van der Waals surface area contributed by atoms with Gasteiger partial charge in [-0.25, -0.2) is 4.58 Å². The van der Waals surface area contributed by atoms with E-state index in [0.717, 1.165) is 11.9 Å². The van der Waals surface area contributed by atoms with Crippen molar-refractivity contribution in [1.82, 2.24) is 5.43 Å². The Morgan fingerprint density at radius 1 is 1.89 bits per heavy atom. The molecule has 5 heteroatoms. The number of hydrogen-bond donors (Lipinski definition) is 2. The number of carbonyl (C=O) groups excluding carboxylic acids is 1. The summed E-state index contributed by atoms with van der Waals surface area (Å²) in [4.78, 5) is 11.1. The zero-order valence-electron chi connectivity index (χ0n) is 4.80. The largest absolute Gasteiger partial charge is 0.596 e. The average Bonchev–Trinajstić information content (AvgIpc) is 2.10. The number of nitrogens with one attached hydrogen (secondary N) is 2. The van der Waals surface area contributed by atoms with Gasteiger partial charge in [-0.05, 0) is 6.92 Å². The molecule has 1 unspecified atom stereocenters. The van der Waals surface area contributed by atoms with Crippen LogP contribution in [0.5, 0.6) is 0 Å². The van der Waals surface area contributed by atoms with Crippen LogP contribution in [0, 0.1) is 5.21 Å². The summed E-state index contributed by atoms with van der Waals surface area (Å²) in [5.41, 5.74) is 2.13. The maximum absolute atomic E-state index is 10.6. The molecule has 1 amide bonds. The number of carbonyl (C=O) groups is 1. The normalized spacial score (nSPS) is 31.1. The van der Waals surface area contributed by atoms with Gasteiger partial charge in [0.2, 0.25) is 0 Å². The summed E-state index contributed by atoms with van der Waals surface area (Å²) in [6.07, 6.45) is 1.62. The predicted octanol–water partition coefficient (Wildman–Crippen LogP) is -1.03. The van der Waals surface area contributed by atoms with Crippen LogP contribution in [0.4, 0.5) is 0 Å². The average molecular weight is 146 g/mol. The van der Waals surface area contributed by atoms with E-state index in [9.17, 15) is 10.0 Å². The van der Waals surface area contributed by atoms with E-state index >= 15 is 0 Å². The molecule has 0 spiro atoms. The van der Waals surface area contributed by atoms with Gasteiger partial charge in [0.15, 0.2) is 0 Å². The summed E-state index contributed by atoms with van der Waals surface area (Å²) in [6.45, 7) is 1.72. The molecule has 1 rings (SSSR count). The van der Waals surface area contributed by atoms with Gasteiger partial charge in [0.05, 0.1) is 0 Å². The van der Waals surface area contributed by atoms with Gasteiger partial charge in [-0.2, -0.15) is 5.43 Å². The van der Waals surface area contributed by atoms with Gasteiger partial charge < -0.3 is 5.21 Å². The molecule has 1 atom stereocenters. The van der Waals surface area contributed by atoms with Gasteiger partial charge in [-0.1, -0.05) is 6.08 Å². The molecule has 9 heavy (non-hydrogen) atoms. The van der Waals surface area contributed by atoms with E-state index in [4.69, 9.17) is 0 Å². The first-order valence-electron chi connectivity index (χ1n) is 2.43. The number of rotatable bonds is 0. The third kappa shape index (κ3) is 1.24. The van der Waals surface area contributed by atoms with Crippen molar-refractivity contribution in [3.05, 3.63) is 16.2 Å². The van der Waals surface area contributed by atoms with E-state index in [1.54, 1.807) is 13.0 Å². The van der Waals surface area contributed by atoms with Crippen LogP contribution in [-0.4, -0.2) is 5.91 Å². The summed E-state index contributed by atoms with van der Waals surface area (Å²) in [6, 6.07) is 0. The fraction of sp³-hybridized carbons (Fsp3) is 0.250. The SMILES string of the molecule is C/C=C1/S[NH+]([O-])NC1=O. The van der Waals surface area contributed by atoms with Crippen molar-refractivity contribution in [1.29, 1.82) is 0 Å². The molecule has 1 fully saturated rings. The molecule has 0 bridgehead atoms. The Morgan fingerprint density at radius 2 is 2.56 bits per heavy atom. The van der Waals surface area contributed by atoms with Crippen LogP contribution < -0.4 is 10.0 Å². The second kappa shape index (κ2) is 2.38. The first kappa shape index (κ1) is 6.60. The Bertz CT molecular complexity index is 168. The molecule has 50 valence electrons. The van der Waals surface area contributed by atoms with E-state index in [2.05, 4.69) is 5.43 Å². The molecule has 0 aromatic carbocycles. The molecule has 1 aliphatic heterocycles. The minimum atomic E-state index is -0.285. The third-order valence-electron chi connectivity index (χ3n) is 0.904. The van der Waals surface area contributed by atoms with Crippen LogP contribution in [0.2, 0.25) is 0 Å². The lowest BCUT2D eigenvalue weighted by atomic mass is 10.5. The fourth-order valence-electron chi connectivity index (χ4n) is 0.516. The van der Waals surface area contributed by atoms with E-state index in [1.807, 2.05) is 0 Å². The Labute approximate surface area is 56.6 Å². The topological polar surface area (TPSA) is 56.6 Å². The van der Waals surface area contributed by atoms with Crippen LogP contribution >= 0.6 is 11.9 Å². The minimum Gasteiger partial charge on any atom is -0.596 e. The molecule has 0 aliphatic carbocycles. The van der Waals surface area contributed by atoms with Gasteiger partial charge in [0, 0.05) is 0 Å². The Balaban J connectivity index is 2.70. The van der Waals surface area contributed by atoms with E-state index in [-0.39, 0.29) is 10.5 Å². The first-order chi connectivity index (χ1) is 4.24. The number of quaternary nitrogens is 1. The molecule has 4 nitrogen and oxygen atoms in total. The highest BCUT2D eigenvalue weighted by Crippen LogP contribution is 2.09. The number of hydrogen-bond acceptors (Lipinski definition) is 3. The number of allylic oxidation sites excluding steroid dienone is 1. The lowest BCUT2D eigenvalue weighted by molar-refractivity contribution is -0.733. The quantitative estimate of drug-likeness (QED) is 0.261. The second-order valence-electron chi connectivity index (χ2n) is 1.50. The van der Waals surface area contributed by atoms with Gasteiger partial charge in [0.25, 0.3) is 0 Å².